The van der Waals surface area contributed by atoms with E-state index in [9.17, 15) is 19.5 Å². The normalized spacial score (nSPS) is 15.2. The molecule has 0 fully saturated rings. The van der Waals surface area contributed by atoms with E-state index in [1.54, 1.807) is 44.2 Å². The molecular formula is C28H33IN4O10. The molecule has 4 N–H and O–H groups in total. The summed E-state index contributed by atoms with van der Waals surface area (Å²) in [6.07, 6.45) is 0.286. The van der Waals surface area contributed by atoms with Crippen molar-refractivity contribution in [2.24, 2.45) is 5.10 Å². The van der Waals surface area contributed by atoms with Crippen LogP contribution in [0.4, 0.5) is 4.79 Å². The number of carbonyl (C=O) groups excluding carboxylic acids is 3. The Kier molecular flexibility index (Phi) is 12.2. The van der Waals surface area contributed by atoms with Crippen molar-refractivity contribution in [2.45, 2.75) is 26.1 Å². The number of rotatable bonds is 14. The number of aliphatic hydroxyl groups excluding tert-OH is 1. The van der Waals surface area contributed by atoms with Crippen molar-refractivity contribution >= 4 is 46.8 Å². The second-order valence-electron chi connectivity index (χ2n) is 8.81. The second-order valence-corrected chi connectivity index (χ2v) is 9.98. The zero-order valence-corrected chi connectivity index (χ0v) is 26.3. The molecule has 2 amide bonds. The molecule has 0 radical (unpaired) electrons. The standard InChI is InChI=1S/C28H33IN4O10/c1-6-41-20-11-17(25-24(27(36)40-5)15(2)31-28(37)32-25)7-8-19(20)42-13-22(34)33-30-12-16-9-18(29)26(21(10-16)38-3)43-14-23(35)39-4/h7-12,22,25,33-34H,6,13-14H2,1-5H3,(H2,31,32,37)/b30-12-/t22-,25-/m1/s1. The quantitative estimate of drug-likeness (QED) is 0.0745. The highest BCUT2D eigenvalue weighted by molar-refractivity contribution is 14.1. The van der Waals surface area contributed by atoms with Crippen molar-refractivity contribution in [3.8, 4) is 23.0 Å². The Hall–Kier alpha value is -4.25. The summed E-state index contributed by atoms with van der Waals surface area (Å²) < 4.78 is 32.5. The maximum Gasteiger partial charge on any atom is 0.343 e. The summed E-state index contributed by atoms with van der Waals surface area (Å²) in [5.74, 6) is 0.349. The largest absolute Gasteiger partial charge is 0.493 e. The number of carbonyl (C=O) groups is 3. The van der Waals surface area contributed by atoms with E-state index in [0.29, 0.717) is 50.0 Å². The average Bonchev–Trinajstić information content (AvgIpc) is 2.98. The first-order valence-electron chi connectivity index (χ1n) is 12.9. The summed E-state index contributed by atoms with van der Waals surface area (Å²) in [4.78, 5) is 36.0. The van der Waals surface area contributed by atoms with Gasteiger partial charge >= 0.3 is 18.0 Å². The lowest BCUT2D eigenvalue weighted by Crippen LogP contribution is -2.45. The van der Waals surface area contributed by atoms with Gasteiger partial charge in [0, 0.05) is 5.70 Å². The fourth-order valence-electron chi connectivity index (χ4n) is 3.96. The number of amides is 2. The number of methoxy groups -OCH3 is 3. The van der Waals surface area contributed by atoms with Crippen LogP contribution in [0.5, 0.6) is 23.0 Å². The first kappa shape index (κ1) is 33.3. The van der Waals surface area contributed by atoms with Gasteiger partial charge in [0.05, 0.1) is 49.3 Å². The Morgan fingerprint density at radius 3 is 2.53 bits per heavy atom. The van der Waals surface area contributed by atoms with Crippen molar-refractivity contribution in [3.63, 3.8) is 0 Å². The zero-order chi connectivity index (χ0) is 31.5. The number of esters is 2. The van der Waals surface area contributed by atoms with Crippen LogP contribution in [0.25, 0.3) is 0 Å². The number of nitrogens with one attached hydrogen (secondary N) is 3. The minimum Gasteiger partial charge on any atom is -0.493 e. The predicted molar refractivity (Wildman–Crippen MR) is 162 cm³/mol. The molecule has 0 aliphatic carbocycles. The van der Waals surface area contributed by atoms with E-state index in [4.69, 9.17) is 23.7 Å². The number of halogens is 1. The maximum atomic E-state index is 12.4. The van der Waals surface area contributed by atoms with Gasteiger partial charge in [0.15, 0.2) is 35.8 Å². The molecule has 1 heterocycles. The minimum atomic E-state index is -1.19. The Bertz CT molecular complexity index is 1400. The van der Waals surface area contributed by atoms with Gasteiger partial charge in [0.2, 0.25) is 0 Å². The molecule has 0 bridgehead atoms. The monoisotopic (exact) mass is 712 g/mol. The number of hydrogen-bond donors (Lipinski definition) is 4. The average molecular weight is 712 g/mol. The van der Waals surface area contributed by atoms with Crippen LogP contribution in [-0.2, 0) is 19.1 Å². The number of allylic oxidation sites excluding steroid dienone is 1. The molecule has 43 heavy (non-hydrogen) atoms. The van der Waals surface area contributed by atoms with Gasteiger partial charge in [-0.1, -0.05) is 6.07 Å². The summed E-state index contributed by atoms with van der Waals surface area (Å²) >= 11 is 2.04. The summed E-state index contributed by atoms with van der Waals surface area (Å²) in [5.41, 5.74) is 4.43. The molecule has 0 unspecified atom stereocenters. The van der Waals surface area contributed by atoms with Gasteiger partial charge in [0.1, 0.15) is 6.61 Å². The summed E-state index contributed by atoms with van der Waals surface area (Å²) in [5, 5.41) is 19.8. The van der Waals surface area contributed by atoms with Crippen molar-refractivity contribution in [1.82, 2.24) is 16.1 Å². The molecule has 2 aromatic carbocycles. The van der Waals surface area contributed by atoms with Crippen LogP contribution in [0.3, 0.4) is 0 Å². The molecule has 0 saturated carbocycles. The van der Waals surface area contributed by atoms with Crippen molar-refractivity contribution in [1.29, 1.82) is 0 Å². The molecule has 1 aliphatic rings. The molecule has 15 heteroatoms. The third-order valence-corrected chi connectivity index (χ3v) is 6.72. The molecule has 2 aromatic rings. The van der Waals surface area contributed by atoms with Crippen LogP contribution in [0, 0.1) is 3.57 Å². The van der Waals surface area contributed by atoms with Gasteiger partial charge in [-0.3, -0.25) is 5.43 Å². The lowest BCUT2D eigenvalue weighted by Gasteiger charge is -2.28. The van der Waals surface area contributed by atoms with E-state index in [2.05, 4.69) is 25.9 Å². The number of aliphatic hydroxyl groups is 1. The van der Waals surface area contributed by atoms with E-state index < -0.39 is 30.2 Å². The van der Waals surface area contributed by atoms with Crippen LogP contribution >= 0.6 is 22.6 Å². The van der Waals surface area contributed by atoms with Gasteiger partial charge in [-0.2, -0.15) is 5.10 Å². The molecular weight excluding hydrogens is 679 g/mol. The van der Waals surface area contributed by atoms with E-state index in [1.807, 2.05) is 22.6 Å². The molecule has 14 nitrogen and oxygen atoms in total. The van der Waals surface area contributed by atoms with Crippen molar-refractivity contribution in [3.05, 3.63) is 56.3 Å². The smallest absolute Gasteiger partial charge is 0.343 e. The Balaban J connectivity index is 1.67. The fraction of sp³-hybridized carbons (Fsp3) is 0.357. The Morgan fingerprint density at radius 1 is 1.09 bits per heavy atom. The highest BCUT2D eigenvalue weighted by Crippen LogP contribution is 2.35. The van der Waals surface area contributed by atoms with Gasteiger partial charge in [-0.15, -0.1) is 0 Å². The predicted octanol–water partition coefficient (Wildman–Crippen LogP) is 2.37. The first-order valence-corrected chi connectivity index (χ1v) is 14.0. The lowest BCUT2D eigenvalue weighted by molar-refractivity contribution is -0.143. The van der Waals surface area contributed by atoms with E-state index in [-0.39, 0.29) is 18.8 Å². The second kappa shape index (κ2) is 15.8. The molecule has 0 spiro atoms. The summed E-state index contributed by atoms with van der Waals surface area (Å²) in [6.45, 7) is 3.28. The maximum absolute atomic E-state index is 12.4. The number of urea groups is 1. The minimum absolute atomic E-state index is 0.186. The van der Waals surface area contributed by atoms with Crippen LogP contribution in [0.15, 0.2) is 46.7 Å². The summed E-state index contributed by atoms with van der Waals surface area (Å²) in [7, 11) is 4.01. The lowest BCUT2D eigenvalue weighted by atomic mass is 9.95. The van der Waals surface area contributed by atoms with Crippen LogP contribution in [0.2, 0.25) is 0 Å². The van der Waals surface area contributed by atoms with Gasteiger partial charge < -0.3 is 44.2 Å². The number of hydrazone groups is 1. The number of nitrogens with zero attached hydrogens (tertiary/aromatic N) is 1. The molecule has 232 valence electrons. The third-order valence-electron chi connectivity index (χ3n) is 5.92. The highest BCUT2D eigenvalue weighted by Gasteiger charge is 2.32. The van der Waals surface area contributed by atoms with E-state index >= 15 is 0 Å². The SMILES string of the molecule is CCOc1cc([C@H]2NC(=O)NC(C)=C2C(=O)OC)ccc1OC[C@@H](O)N/N=C\c1cc(I)c(OCC(=O)OC)c(OC)c1. The molecule has 0 aromatic heterocycles. The topological polar surface area (TPSA) is 175 Å². The zero-order valence-electron chi connectivity index (χ0n) is 24.2. The number of benzene rings is 2. The molecule has 1 aliphatic heterocycles. The van der Waals surface area contributed by atoms with E-state index in [0.717, 1.165) is 0 Å². The molecule has 3 rings (SSSR count). The summed E-state index contributed by atoms with van der Waals surface area (Å²) in [6, 6.07) is 7.13. The van der Waals surface area contributed by atoms with Crippen LogP contribution in [0.1, 0.15) is 31.0 Å². The number of ether oxygens (including phenoxy) is 6. The molecule has 0 saturated heterocycles. The first-order chi connectivity index (χ1) is 20.6. The Labute approximate surface area is 261 Å². The van der Waals surface area contributed by atoms with Crippen LogP contribution in [-0.4, -0.2) is 76.7 Å². The van der Waals surface area contributed by atoms with E-state index in [1.165, 1.54) is 27.5 Å². The molecule has 2 atom stereocenters. The Morgan fingerprint density at radius 2 is 1.86 bits per heavy atom. The van der Waals surface area contributed by atoms with Crippen LogP contribution < -0.4 is 35.0 Å². The number of hydrogen-bond acceptors (Lipinski definition) is 12. The van der Waals surface area contributed by atoms with Gasteiger partial charge in [-0.25, -0.2) is 14.4 Å². The van der Waals surface area contributed by atoms with Crippen molar-refractivity contribution < 1.29 is 47.9 Å². The van der Waals surface area contributed by atoms with Gasteiger partial charge in [-0.05, 0) is 71.8 Å². The van der Waals surface area contributed by atoms with Gasteiger partial charge in [0.25, 0.3) is 0 Å². The third kappa shape index (κ3) is 8.87. The fourth-order valence-corrected chi connectivity index (χ4v) is 4.75. The highest BCUT2D eigenvalue weighted by atomic mass is 127. The van der Waals surface area contributed by atoms with Crippen molar-refractivity contribution in [2.75, 3.05) is 41.2 Å².